The van der Waals surface area contributed by atoms with E-state index in [0.717, 1.165) is 36.0 Å². The van der Waals surface area contributed by atoms with Gasteiger partial charge in [0.05, 0.1) is 5.69 Å². The van der Waals surface area contributed by atoms with Gasteiger partial charge < -0.3 is 4.90 Å². The van der Waals surface area contributed by atoms with E-state index < -0.39 is 0 Å². The number of fused-ring (bicyclic) bond motifs is 2. The molecule has 1 N–H and O–H groups in total. The van der Waals surface area contributed by atoms with Crippen LogP contribution in [0.1, 0.15) is 26.5 Å². The maximum Gasteiger partial charge on any atom is 0.258 e. The van der Waals surface area contributed by atoms with Crippen molar-refractivity contribution in [2.24, 2.45) is 0 Å². The van der Waals surface area contributed by atoms with Gasteiger partial charge in [0.15, 0.2) is 5.13 Å². The van der Waals surface area contributed by atoms with Crippen LogP contribution in [-0.4, -0.2) is 29.4 Å². The van der Waals surface area contributed by atoms with Crippen molar-refractivity contribution in [3.8, 4) is 0 Å². The molecule has 0 fully saturated rings. The Morgan fingerprint density at radius 1 is 1.21 bits per heavy atom. The quantitative estimate of drug-likeness (QED) is 0.773. The number of amides is 1. The molecule has 2 heterocycles. The predicted molar refractivity (Wildman–Crippen MR) is 98.8 cm³/mol. The number of anilines is 1. The highest BCUT2D eigenvalue weighted by atomic mass is 32.1. The van der Waals surface area contributed by atoms with Crippen LogP contribution in [0.25, 0.3) is 10.8 Å². The average molecular weight is 337 g/mol. The van der Waals surface area contributed by atoms with E-state index in [0.29, 0.717) is 10.7 Å². The highest BCUT2D eigenvalue weighted by Gasteiger charge is 2.20. The van der Waals surface area contributed by atoms with E-state index in [1.54, 1.807) is 11.3 Å². The maximum atomic E-state index is 12.8. The van der Waals surface area contributed by atoms with Gasteiger partial charge in [-0.2, -0.15) is 0 Å². The number of nitrogens with zero attached hydrogens (tertiary/aromatic N) is 2. The van der Waals surface area contributed by atoms with Gasteiger partial charge >= 0.3 is 0 Å². The van der Waals surface area contributed by atoms with Gasteiger partial charge in [0.1, 0.15) is 0 Å². The van der Waals surface area contributed by atoms with Crippen molar-refractivity contribution in [3.05, 3.63) is 58.1 Å². The summed E-state index contributed by atoms with van der Waals surface area (Å²) in [5.74, 6) is -0.0920. The minimum atomic E-state index is -0.0920. The summed E-state index contributed by atoms with van der Waals surface area (Å²) in [5, 5.41) is 5.79. The Kier molecular flexibility index (Phi) is 3.82. The van der Waals surface area contributed by atoms with Crippen LogP contribution in [0.15, 0.2) is 36.4 Å². The van der Waals surface area contributed by atoms with E-state index in [2.05, 4.69) is 35.2 Å². The zero-order chi connectivity index (χ0) is 16.7. The minimum absolute atomic E-state index is 0.0920. The first kappa shape index (κ1) is 15.3. The fourth-order valence-electron chi connectivity index (χ4n) is 3.19. The van der Waals surface area contributed by atoms with Crippen LogP contribution in [0.5, 0.6) is 0 Å². The molecule has 0 radical (unpaired) electrons. The average Bonchev–Trinajstić information content (AvgIpc) is 2.96. The van der Waals surface area contributed by atoms with E-state index in [4.69, 9.17) is 0 Å². The SMILES string of the molecule is Cc1ccc(C(=O)Nc2nc3c(s2)CN(C)CC3)c2ccccc12. The molecule has 0 bridgehead atoms. The highest BCUT2D eigenvalue weighted by Crippen LogP contribution is 2.29. The summed E-state index contributed by atoms with van der Waals surface area (Å²) >= 11 is 1.59. The van der Waals surface area contributed by atoms with Gasteiger partial charge in [-0.15, -0.1) is 11.3 Å². The molecule has 1 amide bonds. The molecule has 0 saturated carbocycles. The summed E-state index contributed by atoms with van der Waals surface area (Å²) in [7, 11) is 2.11. The summed E-state index contributed by atoms with van der Waals surface area (Å²) in [5.41, 5.74) is 3.00. The second-order valence-electron chi connectivity index (χ2n) is 6.31. The molecule has 24 heavy (non-hydrogen) atoms. The number of benzene rings is 2. The third-order valence-corrected chi connectivity index (χ3v) is 5.53. The van der Waals surface area contributed by atoms with Gasteiger partial charge in [0.25, 0.3) is 5.91 Å². The minimum Gasteiger partial charge on any atom is -0.301 e. The summed E-state index contributed by atoms with van der Waals surface area (Å²) in [6.07, 6.45) is 0.950. The lowest BCUT2D eigenvalue weighted by molar-refractivity contribution is 0.102. The van der Waals surface area contributed by atoms with Crippen molar-refractivity contribution < 1.29 is 4.79 Å². The second-order valence-corrected chi connectivity index (χ2v) is 7.39. The van der Waals surface area contributed by atoms with Crippen molar-refractivity contribution in [3.63, 3.8) is 0 Å². The van der Waals surface area contributed by atoms with Crippen molar-refractivity contribution >= 4 is 33.1 Å². The second kappa shape index (κ2) is 6.00. The lowest BCUT2D eigenvalue weighted by Crippen LogP contribution is -2.25. The molecule has 122 valence electrons. The first-order chi connectivity index (χ1) is 11.6. The Bertz CT molecular complexity index is 932. The summed E-state index contributed by atoms with van der Waals surface area (Å²) in [6, 6.07) is 11.9. The summed E-state index contributed by atoms with van der Waals surface area (Å²) in [6.45, 7) is 4.00. The van der Waals surface area contributed by atoms with Gasteiger partial charge in [-0.25, -0.2) is 4.98 Å². The Morgan fingerprint density at radius 2 is 2.00 bits per heavy atom. The Hall–Kier alpha value is -2.24. The third-order valence-electron chi connectivity index (χ3n) is 4.53. The molecule has 0 aliphatic carbocycles. The fraction of sp³-hybridized carbons (Fsp3) is 0.263. The topological polar surface area (TPSA) is 45.2 Å². The van der Waals surface area contributed by atoms with Gasteiger partial charge in [0, 0.05) is 30.0 Å². The normalized spacial score (nSPS) is 14.6. The third kappa shape index (κ3) is 2.70. The molecule has 3 aromatic rings. The molecule has 1 aliphatic rings. The number of carbonyl (C=O) groups excluding carboxylic acids is 1. The predicted octanol–water partition coefficient (Wildman–Crippen LogP) is 3.84. The molecule has 4 nitrogen and oxygen atoms in total. The zero-order valence-corrected chi connectivity index (χ0v) is 14.6. The number of carbonyl (C=O) groups is 1. The Labute approximate surface area is 145 Å². The Balaban J connectivity index is 1.65. The van der Waals surface area contributed by atoms with E-state index in [1.165, 1.54) is 10.4 Å². The van der Waals surface area contributed by atoms with E-state index in [9.17, 15) is 4.79 Å². The molecule has 0 saturated heterocycles. The molecule has 1 aliphatic heterocycles. The molecule has 2 aromatic carbocycles. The first-order valence-electron chi connectivity index (χ1n) is 8.08. The highest BCUT2D eigenvalue weighted by molar-refractivity contribution is 7.15. The molecular formula is C19H19N3OS. The van der Waals surface area contributed by atoms with E-state index in [-0.39, 0.29) is 5.91 Å². The number of thiazole rings is 1. The van der Waals surface area contributed by atoms with Crippen LogP contribution in [0.2, 0.25) is 0 Å². The van der Waals surface area contributed by atoms with E-state index >= 15 is 0 Å². The molecule has 0 spiro atoms. The number of aromatic nitrogens is 1. The van der Waals surface area contributed by atoms with Gasteiger partial charge in [0.2, 0.25) is 0 Å². The smallest absolute Gasteiger partial charge is 0.258 e. The molecule has 1 aromatic heterocycles. The van der Waals surface area contributed by atoms with Crippen LogP contribution >= 0.6 is 11.3 Å². The van der Waals surface area contributed by atoms with Crippen molar-refractivity contribution in [2.75, 3.05) is 18.9 Å². The number of nitrogens with one attached hydrogen (secondary N) is 1. The van der Waals surface area contributed by atoms with Crippen molar-refractivity contribution in [2.45, 2.75) is 19.9 Å². The number of aryl methyl sites for hydroxylation is 1. The zero-order valence-electron chi connectivity index (χ0n) is 13.8. The monoisotopic (exact) mass is 337 g/mol. The Morgan fingerprint density at radius 3 is 2.83 bits per heavy atom. The lowest BCUT2D eigenvalue weighted by Gasteiger charge is -2.20. The number of likely N-dealkylation sites (N-methyl/N-ethyl adjacent to an activating group) is 1. The number of rotatable bonds is 2. The molecule has 0 atom stereocenters. The van der Waals surface area contributed by atoms with Crippen LogP contribution in [0.4, 0.5) is 5.13 Å². The fourth-order valence-corrected chi connectivity index (χ4v) is 4.27. The van der Waals surface area contributed by atoms with Gasteiger partial charge in [-0.3, -0.25) is 10.1 Å². The molecule has 4 rings (SSSR count). The number of hydrogen-bond acceptors (Lipinski definition) is 4. The van der Waals surface area contributed by atoms with Gasteiger partial charge in [-0.1, -0.05) is 30.3 Å². The van der Waals surface area contributed by atoms with Crippen LogP contribution in [-0.2, 0) is 13.0 Å². The molecule has 5 heteroatoms. The summed E-state index contributed by atoms with van der Waals surface area (Å²) < 4.78 is 0. The molecule has 0 unspecified atom stereocenters. The van der Waals surface area contributed by atoms with E-state index in [1.807, 2.05) is 30.3 Å². The standard InChI is InChI=1S/C19H19N3OS/c1-12-7-8-15(14-6-4-3-5-13(12)14)18(23)21-19-20-16-9-10-22(2)11-17(16)24-19/h3-8H,9-11H2,1-2H3,(H,20,21,23). The first-order valence-corrected chi connectivity index (χ1v) is 8.90. The van der Waals surface area contributed by atoms with Crippen molar-refractivity contribution in [1.29, 1.82) is 0 Å². The largest absolute Gasteiger partial charge is 0.301 e. The maximum absolute atomic E-state index is 12.8. The van der Waals surface area contributed by atoms with Crippen molar-refractivity contribution in [1.82, 2.24) is 9.88 Å². The van der Waals surface area contributed by atoms with Crippen LogP contribution in [0.3, 0.4) is 0 Å². The lowest BCUT2D eigenvalue weighted by atomic mass is 10.00. The molecular weight excluding hydrogens is 318 g/mol. The summed E-state index contributed by atoms with van der Waals surface area (Å²) in [4.78, 5) is 20.9. The van der Waals surface area contributed by atoms with Gasteiger partial charge in [-0.05, 0) is 36.4 Å². The van der Waals surface area contributed by atoms with Crippen LogP contribution in [0, 0.1) is 6.92 Å². The van der Waals surface area contributed by atoms with Crippen LogP contribution < -0.4 is 5.32 Å². The number of hydrogen-bond donors (Lipinski definition) is 1.